The minimum Gasteiger partial charge on any atom is -0.387 e. The summed E-state index contributed by atoms with van der Waals surface area (Å²) in [7, 11) is 3.78. The molecule has 1 rings (SSSR count). The van der Waals surface area contributed by atoms with Crippen LogP contribution in [0.5, 0.6) is 0 Å². The van der Waals surface area contributed by atoms with Crippen LogP contribution in [0.2, 0.25) is 0 Å². The van der Waals surface area contributed by atoms with Gasteiger partial charge < -0.3 is 15.3 Å². The first-order valence-corrected chi connectivity index (χ1v) is 6.97. The van der Waals surface area contributed by atoms with Crippen molar-refractivity contribution < 1.29 is 10.0 Å². The van der Waals surface area contributed by atoms with Crippen LogP contribution in [0.25, 0.3) is 0 Å². The number of anilines is 1. The standard InChI is InChI=1S/C13H20BrN3O3/c1-9-5-11(10(14)6-12(9)17(19)20)15-7-13(2,18)8-16(3)4/h5-6,15,18H,7-8H2,1-4H3. The fraction of sp³-hybridized carbons (Fsp3) is 0.538. The second kappa shape index (κ2) is 6.51. The minimum atomic E-state index is -0.890. The summed E-state index contributed by atoms with van der Waals surface area (Å²) in [5.74, 6) is 0. The molecule has 0 saturated heterocycles. The quantitative estimate of drug-likeness (QED) is 0.611. The smallest absolute Gasteiger partial charge is 0.273 e. The maximum atomic E-state index is 10.8. The van der Waals surface area contributed by atoms with Gasteiger partial charge in [0.2, 0.25) is 0 Å². The van der Waals surface area contributed by atoms with E-state index in [0.29, 0.717) is 23.1 Å². The molecular weight excluding hydrogens is 326 g/mol. The fourth-order valence-electron chi connectivity index (χ4n) is 2.03. The third-order valence-electron chi connectivity index (χ3n) is 2.80. The van der Waals surface area contributed by atoms with Crippen molar-refractivity contribution in [1.82, 2.24) is 4.90 Å². The molecular formula is C13H20BrN3O3. The zero-order valence-electron chi connectivity index (χ0n) is 12.1. The van der Waals surface area contributed by atoms with Crippen molar-refractivity contribution in [1.29, 1.82) is 0 Å². The predicted octanol–water partition coefficient (Wildman–Crippen LogP) is 2.39. The van der Waals surface area contributed by atoms with Crippen molar-refractivity contribution in [2.24, 2.45) is 0 Å². The van der Waals surface area contributed by atoms with Crippen molar-refractivity contribution >= 4 is 27.3 Å². The van der Waals surface area contributed by atoms with E-state index in [2.05, 4.69) is 21.2 Å². The Morgan fingerprint density at radius 2 is 2.10 bits per heavy atom. The summed E-state index contributed by atoms with van der Waals surface area (Å²) in [5, 5.41) is 24.2. The van der Waals surface area contributed by atoms with E-state index in [1.807, 2.05) is 19.0 Å². The predicted molar refractivity (Wildman–Crippen MR) is 83.2 cm³/mol. The van der Waals surface area contributed by atoms with Gasteiger partial charge in [-0.2, -0.15) is 0 Å². The average Bonchev–Trinajstić information content (AvgIpc) is 2.27. The van der Waals surface area contributed by atoms with E-state index in [0.717, 1.165) is 5.69 Å². The van der Waals surface area contributed by atoms with E-state index in [1.165, 1.54) is 6.07 Å². The van der Waals surface area contributed by atoms with Gasteiger partial charge in [-0.05, 0) is 49.9 Å². The average molecular weight is 346 g/mol. The van der Waals surface area contributed by atoms with Gasteiger partial charge in [0.25, 0.3) is 5.69 Å². The Kier molecular flexibility index (Phi) is 5.50. The van der Waals surface area contributed by atoms with Crippen LogP contribution in [-0.4, -0.2) is 47.7 Å². The van der Waals surface area contributed by atoms with Crippen molar-refractivity contribution in [3.05, 3.63) is 32.3 Å². The van der Waals surface area contributed by atoms with Crippen LogP contribution in [0.4, 0.5) is 11.4 Å². The zero-order chi connectivity index (χ0) is 15.5. The molecule has 0 fully saturated rings. The third-order valence-corrected chi connectivity index (χ3v) is 3.45. The normalized spacial score (nSPS) is 14.2. The Morgan fingerprint density at radius 3 is 2.60 bits per heavy atom. The van der Waals surface area contributed by atoms with E-state index >= 15 is 0 Å². The highest BCUT2D eigenvalue weighted by Gasteiger charge is 2.22. The molecule has 1 atom stereocenters. The number of hydrogen-bond donors (Lipinski definition) is 2. The lowest BCUT2D eigenvalue weighted by Gasteiger charge is -2.27. The summed E-state index contributed by atoms with van der Waals surface area (Å²) < 4.78 is 0.607. The number of halogens is 1. The first kappa shape index (κ1) is 16.9. The molecule has 0 aliphatic carbocycles. The third kappa shape index (κ3) is 4.73. The van der Waals surface area contributed by atoms with Crippen molar-refractivity contribution in [3.8, 4) is 0 Å². The molecule has 2 N–H and O–H groups in total. The second-order valence-corrected chi connectivity index (χ2v) is 6.32. The van der Waals surface area contributed by atoms with Crippen LogP contribution in [0, 0.1) is 17.0 Å². The number of hydrogen-bond acceptors (Lipinski definition) is 5. The van der Waals surface area contributed by atoms with Gasteiger partial charge in [0.15, 0.2) is 0 Å². The molecule has 0 bridgehead atoms. The highest BCUT2D eigenvalue weighted by atomic mass is 79.9. The molecule has 0 radical (unpaired) electrons. The Bertz CT molecular complexity index is 504. The maximum absolute atomic E-state index is 10.8. The molecule has 1 aromatic rings. The number of aliphatic hydroxyl groups is 1. The molecule has 7 heteroatoms. The van der Waals surface area contributed by atoms with Crippen molar-refractivity contribution in [2.45, 2.75) is 19.4 Å². The molecule has 0 spiro atoms. The molecule has 6 nitrogen and oxygen atoms in total. The SMILES string of the molecule is Cc1cc(NCC(C)(O)CN(C)C)c(Br)cc1[N+](=O)[O-]. The number of nitrogens with zero attached hydrogens (tertiary/aromatic N) is 2. The van der Waals surface area contributed by atoms with Crippen molar-refractivity contribution in [2.75, 3.05) is 32.5 Å². The first-order chi connectivity index (χ1) is 9.12. The fourth-order valence-corrected chi connectivity index (χ4v) is 2.50. The largest absolute Gasteiger partial charge is 0.387 e. The lowest BCUT2D eigenvalue weighted by atomic mass is 10.1. The van der Waals surface area contributed by atoms with E-state index in [9.17, 15) is 15.2 Å². The minimum absolute atomic E-state index is 0.0717. The molecule has 0 heterocycles. The molecule has 0 aromatic heterocycles. The van der Waals surface area contributed by atoms with Crippen LogP contribution >= 0.6 is 15.9 Å². The number of aryl methyl sites for hydroxylation is 1. The van der Waals surface area contributed by atoms with Crippen LogP contribution in [0.15, 0.2) is 16.6 Å². The number of benzene rings is 1. The van der Waals surface area contributed by atoms with Crippen LogP contribution < -0.4 is 5.32 Å². The van der Waals surface area contributed by atoms with Crippen molar-refractivity contribution in [3.63, 3.8) is 0 Å². The molecule has 0 aliphatic heterocycles. The van der Waals surface area contributed by atoms with E-state index in [4.69, 9.17) is 0 Å². The van der Waals surface area contributed by atoms with Gasteiger partial charge in [-0.3, -0.25) is 10.1 Å². The number of nitro groups is 1. The van der Waals surface area contributed by atoms with Gasteiger partial charge >= 0.3 is 0 Å². The van der Waals surface area contributed by atoms with E-state index in [-0.39, 0.29) is 5.69 Å². The molecule has 0 aliphatic rings. The number of nitrogens with one attached hydrogen (secondary N) is 1. The first-order valence-electron chi connectivity index (χ1n) is 6.18. The Balaban J connectivity index is 2.84. The summed E-state index contributed by atoms with van der Waals surface area (Å²) >= 11 is 3.31. The summed E-state index contributed by atoms with van der Waals surface area (Å²) in [6.07, 6.45) is 0. The summed E-state index contributed by atoms with van der Waals surface area (Å²) in [4.78, 5) is 12.3. The Morgan fingerprint density at radius 1 is 1.50 bits per heavy atom. The Hall–Kier alpha value is -1.18. The highest BCUT2D eigenvalue weighted by molar-refractivity contribution is 9.10. The van der Waals surface area contributed by atoms with E-state index < -0.39 is 10.5 Å². The maximum Gasteiger partial charge on any atom is 0.273 e. The van der Waals surface area contributed by atoms with Gasteiger partial charge in [0.05, 0.1) is 10.5 Å². The lowest BCUT2D eigenvalue weighted by molar-refractivity contribution is -0.385. The molecule has 1 aromatic carbocycles. The van der Waals surface area contributed by atoms with Gasteiger partial charge in [0.1, 0.15) is 0 Å². The number of rotatable bonds is 6. The van der Waals surface area contributed by atoms with Gasteiger partial charge in [-0.15, -0.1) is 0 Å². The van der Waals surface area contributed by atoms with Gasteiger partial charge in [-0.25, -0.2) is 0 Å². The molecule has 0 amide bonds. The molecule has 20 heavy (non-hydrogen) atoms. The number of nitro benzene ring substituents is 1. The van der Waals surface area contributed by atoms with Crippen LogP contribution in [-0.2, 0) is 0 Å². The molecule has 1 unspecified atom stereocenters. The lowest BCUT2D eigenvalue weighted by Crippen LogP contribution is -2.43. The topological polar surface area (TPSA) is 78.6 Å². The Labute approximate surface area is 127 Å². The number of likely N-dealkylation sites (N-methyl/N-ethyl adjacent to an activating group) is 1. The highest BCUT2D eigenvalue weighted by Crippen LogP contribution is 2.30. The van der Waals surface area contributed by atoms with Crippen LogP contribution in [0.1, 0.15) is 12.5 Å². The van der Waals surface area contributed by atoms with Gasteiger partial charge in [-0.1, -0.05) is 0 Å². The van der Waals surface area contributed by atoms with Gasteiger partial charge in [0, 0.05) is 34.9 Å². The zero-order valence-corrected chi connectivity index (χ0v) is 13.7. The monoisotopic (exact) mass is 345 g/mol. The summed E-state index contributed by atoms with van der Waals surface area (Å²) in [5.41, 5.74) is 0.487. The second-order valence-electron chi connectivity index (χ2n) is 5.46. The molecule has 112 valence electrons. The molecule has 0 saturated carbocycles. The summed E-state index contributed by atoms with van der Waals surface area (Å²) in [6, 6.07) is 3.17. The summed E-state index contributed by atoms with van der Waals surface area (Å²) in [6.45, 7) is 4.30. The van der Waals surface area contributed by atoms with Crippen LogP contribution in [0.3, 0.4) is 0 Å². The van der Waals surface area contributed by atoms with E-state index in [1.54, 1.807) is 19.9 Å².